The first-order chi connectivity index (χ1) is 12.3. The monoisotopic (exact) mass is 368 g/mol. The number of carbonyl (C=O) groups excluding carboxylic acids is 1. The van der Waals surface area contributed by atoms with Gasteiger partial charge in [0.2, 0.25) is 0 Å². The molecule has 0 spiro atoms. The van der Waals surface area contributed by atoms with Crippen LogP contribution in [0.25, 0.3) is 0 Å². The van der Waals surface area contributed by atoms with Crippen LogP contribution in [0.3, 0.4) is 0 Å². The maximum Gasteiger partial charge on any atom is 0.320 e. The van der Waals surface area contributed by atoms with Crippen LogP contribution in [0.1, 0.15) is 57.8 Å². The summed E-state index contributed by atoms with van der Waals surface area (Å²) in [4.78, 5) is 27.3. The number of aliphatic imine (C=N–C) groups is 1. The Labute approximate surface area is 154 Å². The summed E-state index contributed by atoms with van der Waals surface area (Å²) in [6, 6.07) is -0.651. The number of carboxylic acid groups (broad SMARTS) is 1. The molecular weight excluding hydrogens is 336 g/mol. The number of nitrogens with one attached hydrogen (secondary N) is 2. The number of guanidine groups is 1. The SMILES string of the molecule is NC(N)=NC1CCCC(NC(=O)NC2CCC(CC(N)C(=O)O)CC2)C1. The van der Waals surface area contributed by atoms with Crippen molar-refractivity contribution in [3.05, 3.63) is 0 Å². The predicted molar refractivity (Wildman–Crippen MR) is 99.5 cm³/mol. The van der Waals surface area contributed by atoms with Crippen molar-refractivity contribution in [3.63, 3.8) is 0 Å². The van der Waals surface area contributed by atoms with Gasteiger partial charge in [0, 0.05) is 12.1 Å². The highest BCUT2D eigenvalue weighted by Gasteiger charge is 2.27. The van der Waals surface area contributed by atoms with Gasteiger partial charge >= 0.3 is 12.0 Å². The van der Waals surface area contributed by atoms with Crippen molar-refractivity contribution < 1.29 is 14.7 Å². The average molecular weight is 368 g/mol. The molecule has 3 unspecified atom stereocenters. The van der Waals surface area contributed by atoms with Crippen LogP contribution < -0.4 is 27.8 Å². The molecule has 0 saturated heterocycles. The van der Waals surface area contributed by atoms with E-state index in [0.29, 0.717) is 12.3 Å². The summed E-state index contributed by atoms with van der Waals surface area (Å²) in [5.41, 5.74) is 16.5. The second kappa shape index (κ2) is 9.61. The highest BCUT2D eigenvalue weighted by molar-refractivity contribution is 5.76. The van der Waals surface area contributed by atoms with Crippen LogP contribution in [-0.2, 0) is 4.79 Å². The molecule has 9 N–H and O–H groups in total. The van der Waals surface area contributed by atoms with Crippen molar-refractivity contribution in [3.8, 4) is 0 Å². The predicted octanol–water partition coefficient (Wildman–Crippen LogP) is 0.231. The summed E-state index contributed by atoms with van der Waals surface area (Å²) in [5.74, 6) is -0.531. The zero-order valence-corrected chi connectivity index (χ0v) is 15.2. The lowest BCUT2D eigenvalue weighted by Gasteiger charge is -2.31. The molecule has 0 aromatic rings. The van der Waals surface area contributed by atoms with Gasteiger partial charge in [0.25, 0.3) is 0 Å². The molecular formula is C17H32N6O3. The minimum absolute atomic E-state index is 0.0768. The average Bonchev–Trinajstić information content (AvgIpc) is 2.56. The number of hydrogen-bond acceptors (Lipinski definition) is 4. The highest BCUT2D eigenvalue weighted by atomic mass is 16.4. The molecule has 2 amide bonds. The first-order valence-electron chi connectivity index (χ1n) is 9.47. The topological polar surface area (TPSA) is 169 Å². The number of urea groups is 1. The lowest BCUT2D eigenvalue weighted by atomic mass is 9.82. The van der Waals surface area contributed by atoms with Crippen molar-refractivity contribution >= 4 is 18.0 Å². The van der Waals surface area contributed by atoms with E-state index in [0.717, 1.165) is 51.4 Å². The Bertz CT molecular complexity index is 515. The molecule has 2 aliphatic rings. The number of aliphatic carboxylic acids is 1. The van der Waals surface area contributed by atoms with Crippen LogP contribution in [0.15, 0.2) is 4.99 Å². The molecule has 0 aliphatic heterocycles. The molecule has 0 bridgehead atoms. The molecule has 0 aromatic heterocycles. The molecule has 2 rings (SSSR count). The standard InChI is InChI=1S/C17H32N6O3/c18-14(15(24)25)8-10-4-6-11(7-5-10)22-17(26)23-13-3-1-2-12(9-13)21-16(19)20/h10-14H,1-9,18H2,(H,24,25)(H4,19,20,21)(H2,22,23,26). The maximum absolute atomic E-state index is 12.3. The van der Waals surface area contributed by atoms with Crippen molar-refractivity contribution in [2.24, 2.45) is 28.1 Å². The summed E-state index contributed by atoms with van der Waals surface area (Å²) in [6.07, 6.45) is 7.61. The molecule has 9 heteroatoms. The fourth-order valence-corrected chi connectivity index (χ4v) is 4.04. The minimum Gasteiger partial charge on any atom is -0.480 e. The number of carbonyl (C=O) groups is 2. The van der Waals surface area contributed by atoms with E-state index in [1.807, 2.05) is 0 Å². The van der Waals surface area contributed by atoms with E-state index in [-0.39, 0.29) is 30.1 Å². The van der Waals surface area contributed by atoms with Crippen molar-refractivity contribution in [2.45, 2.75) is 82.0 Å². The molecule has 0 radical (unpaired) electrons. The van der Waals surface area contributed by atoms with Gasteiger partial charge in [0.15, 0.2) is 5.96 Å². The van der Waals surface area contributed by atoms with Gasteiger partial charge in [-0.2, -0.15) is 0 Å². The van der Waals surface area contributed by atoms with Gasteiger partial charge in [-0.15, -0.1) is 0 Å². The van der Waals surface area contributed by atoms with Gasteiger partial charge in [-0.1, -0.05) is 0 Å². The van der Waals surface area contributed by atoms with Gasteiger partial charge in [0.1, 0.15) is 6.04 Å². The Morgan fingerprint density at radius 1 is 1.04 bits per heavy atom. The van der Waals surface area contributed by atoms with Gasteiger partial charge in [0.05, 0.1) is 6.04 Å². The Morgan fingerprint density at radius 2 is 1.69 bits per heavy atom. The largest absolute Gasteiger partial charge is 0.480 e. The molecule has 26 heavy (non-hydrogen) atoms. The molecule has 3 atom stereocenters. The molecule has 2 aliphatic carbocycles. The Morgan fingerprint density at radius 3 is 2.31 bits per heavy atom. The van der Waals surface area contributed by atoms with Gasteiger partial charge in [-0.25, -0.2) is 4.79 Å². The van der Waals surface area contributed by atoms with E-state index in [2.05, 4.69) is 15.6 Å². The van der Waals surface area contributed by atoms with E-state index in [9.17, 15) is 9.59 Å². The van der Waals surface area contributed by atoms with E-state index in [1.165, 1.54) is 0 Å². The molecule has 0 heterocycles. The maximum atomic E-state index is 12.3. The van der Waals surface area contributed by atoms with Crippen LogP contribution in [0.4, 0.5) is 4.79 Å². The zero-order valence-electron chi connectivity index (χ0n) is 15.2. The third kappa shape index (κ3) is 6.70. The number of rotatable bonds is 6. The molecule has 2 saturated carbocycles. The third-order valence-electron chi connectivity index (χ3n) is 5.40. The first kappa shape index (κ1) is 20.3. The van der Waals surface area contributed by atoms with Crippen LogP contribution in [-0.4, -0.2) is 47.2 Å². The fourth-order valence-electron chi connectivity index (χ4n) is 4.04. The number of carboxylic acids is 1. The normalized spacial score (nSPS) is 30.0. The van der Waals surface area contributed by atoms with Gasteiger partial charge in [-0.05, 0) is 63.7 Å². The smallest absolute Gasteiger partial charge is 0.320 e. The molecule has 148 valence electrons. The van der Waals surface area contributed by atoms with Crippen LogP contribution in [0, 0.1) is 5.92 Å². The van der Waals surface area contributed by atoms with Crippen LogP contribution >= 0.6 is 0 Å². The zero-order chi connectivity index (χ0) is 19.1. The van der Waals surface area contributed by atoms with E-state index < -0.39 is 12.0 Å². The second-order valence-corrected chi connectivity index (χ2v) is 7.59. The summed E-state index contributed by atoms with van der Waals surface area (Å²) >= 11 is 0. The van der Waals surface area contributed by atoms with E-state index >= 15 is 0 Å². The Kier molecular flexibility index (Phi) is 7.50. The van der Waals surface area contributed by atoms with Crippen LogP contribution in [0.2, 0.25) is 0 Å². The van der Waals surface area contributed by atoms with Crippen molar-refractivity contribution in [1.82, 2.24) is 10.6 Å². The molecule has 9 nitrogen and oxygen atoms in total. The van der Waals surface area contributed by atoms with Gasteiger partial charge in [-0.3, -0.25) is 9.79 Å². The van der Waals surface area contributed by atoms with Crippen molar-refractivity contribution in [2.75, 3.05) is 0 Å². The fraction of sp³-hybridized carbons (Fsp3) is 0.824. The quantitative estimate of drug-likeness (QED) is 0.289. The number of hydrogen-bond donors (Lipinski definition) is 6. The Balaban J connectivity index is 1.69. The Hall–Kier alpha value is -2.03. The summed E-state index contributed by atoms with van der Waals surface area (Å²) < 4.78 is 0. The summed E-state index contributed by atoms with van der Waals surface area (Å²) in [5, 5.41) is 15.0. The lowest BCUT2D eigenvalue weighted by molar-refractivity contribution is -0.139. The van der Waals surface area contributed by atoms with Crippen molar-refractivity contribution in [1.29, 1.82) is 0 Å². The number of nitrogens with zero attached hydrogens (tertiary/aromatic N) is 1. The lowest BCUT2D eigenvalue weighted by Crippen LogP contribution is -2.49. The first-order valence-corrected chi connectivity index (χ1v) is 9.47. The van der Waals surface area contributed by atoms with E-state index in [4.69, 9.17) is 22.3 Å². The summed E-state index contributed by atoms with van der Waals surface area (Å²) in [6.45, 7) is 0. The number of nitrogens with two attached hydrogens (primary N) is 3. The summed E-state index contributed by atoms with van der Waals surface area (Å²) in [7, 11) is 0. The minimum atomic E-state index is -0.948. The highest BCUT2D eigenvalue weighted by Crippen LogP contribution is 2.28. The number of amides is 2. The van der Waals surface area contributed by atoms with Gasteiger partial charge < -0.3 is 32.9 Å². The third-order valence-corrected chi connectivity index (χ3v) is 5.40. The van der Waals surface area contributed by atoms with E-state index in [1.54, 1.807) is 0 Å². The van der Waals surface area contributed by atoms with Crippen LogP contribution in [0.5, 0.6) is 0 Å². The second-order valence-electron chi connectivity index (χ2n) is 7.59. The molecule has 2 fully saturated rings. The molecule has 0 aromatic carbocycles.